The molecule has 0 fully saturated rings. The Morgan fingerprint density at radius 2 is 1.83 bits per heavy atom. The number of carbonyl (C=O) groups is 2. The highest BCUT2D eigenvalue weighted by molar-refractivity contribution is 7.10. The van der Waals surface area contributed by atoms with E-state index in [2.05, 4.69) is 10.6 Å². The number of hydrogen-bond donors (Lipinski definition) is 2. The highest BCUT2D eigenvalue weighted by Crippen LogP contribution is 2.32. The SMILES string of the molecule is COc1ccc2c(c1)CCCC2NC(=O)/C(=C/c1cccs1)NC(=O)c1ccc(OC)c(OC)c1. The summed E-state index contributed by atoms with van der Waals surface area (Å²) in [7, 11) is 4.68. The third kappa shape index (κ3) is 5.66. The zero-order valence-corrected chi connectivity index (χ0v) is 20.7. The molecule has 2 amide bonds. The van der Waals surface area contributed by atoms with Crippen molar-refractivity contribution >= 4 is 29.2 Å². The molecule has 0 saturated carbocycles. The lowest BCUT2D eigenvalue weighted by Gasteiger charge is -2.27. The normalized spacial score (nSPS) is 15.1. The molecule has 4 rings (SSSR count). The number of nitrogens with one attached hydrogen (secondary N) is 2. The lowest BCUT2D eigenvalue weighted by molar-refractivity contribution is -0.118. The van der Waals surface area contributed by atoms with Crippen molar-refractivity contribution in [1.82, 2.24) is 10.6 Å². The molecule has 0 radical (unpaired) electrons. The van der Waals surface area contributed by atoms with Crippen LogP contribution in [0.3, 0.4) is 0 Å². The van der Waals surface area contributed by atoms with Gasteiger partial charge in [-0.25, -0.2) is 0 Å². The first kappa shape index (κ1) is 24.3. The summed E-state index contributed by atoms with van der Waals surface area (Å²) in [6.45, 7) is 0. The molecule has 0 bridgehead atoms. The molecule has 0 saturated heterocycles. The van der Waals surface area contributed by atoms with Crippen LogP contribution < -0.4 is 24.8 Å². The summed E-state index contributed by atoms with van der Waals surface area (Å²) in [5, 5.41) is 7.83. The molecule has 1 aliphatic carbocycles. The molecule has 3 aromatic rings. The van der Waals surface area contributed by atoms with Gasteiger partial charge in [0.1, 0.15) is 11.4 Å². The van der Waals surface area contributed by atoms with Crippen LogP contribution >= 0.6 is 11.3 Å². The number of thiophene rings is 1. The number of ether oxygens (including phenoxy) is 3. The summed E-state index contributed by atoms with van der Waals surface area (Å²) < 4.78 is 15.9. The fraction of sp³-hybridized carbons (Fsp3) is 0.259. The van der Waals surface area contributed by atoms with Crippen molar-refractivity contribution in [2.75, 3.05) is 21.3 Å². The van der Waals surface area contributed by atoms with Crippen molar-refractivity contribution in [3.05, 3.63) is 81.2 Å². The van der Waals surface area contributed by atoms with E-state index in [1.807, 2.05) is 35.7 Å². The second-order valence-electron chi connectivity index (χ2n) is 8.08. The van der Waals surface area contributed by atoms with E-state index in [1.165, 1.54) is 31.1 Å². The molecular weight excluding hydrogens is 464 g/mol. The van der Waals surface area contributed by atoms with Gasteiger partial charge in [0.25, 0.3) is 11.8 Å². The van der Waals surface area contributed by atoms with Crippen molar-refractivity contribution in [3.8, 4) is 17.2 Å². The Bertz CT molecular complexity index is 1240. The minimum atomic E-state index is -0.419. The average Bonchev–Trinajstić information content (AvgIpc) is 3.40. The number of methoxy groups -OCH3 is 3. The number of carbonyl (C=O) groups excluding carboxylic acids is 2. The summed E-state index contributed by atoms with van der Waals surface area (Å²) in [4.78, 5) is 27.3. The fourth-order valence-electron chi connectivity index (χ4n) is 4.15. The number of amides is 2. The first-order valence-electron chi connectivity index (χ1n) is 11.3. The summed E-state index contributed by atoms with van der Waals surface area (Å²) in [6, 6.07) is 14.4. The third-order valence-corrected chi connectivity index (χ3v) is 6.76. The molecule has 182 valence electrons. The second kappa shape index (κ2) is 11.1. The van der Waals surface area contributed by atoms with Crippen LogP contribution in [-0.2, 0) is 11.2 Å². The van der Waals surface area contributed by atoms with Gasteiger partial charge in [0.15, 0.2) is 11.5 Å². The van der Waals surface area contributed by atoms with Crippen LogP contribution in [0.15, 0.2) is 59.6 Å². The van der Waals surface area contributed by atoms with Gasteiger partial charge in [-0.3, -0.25) is 9.59 Å². The van der Waals surface area contributed by atoms with Gasteiger partial charge in [-0.1, -0.05) is 12.1 Å². The predicted octanol–water partition coefficient (Wildman–Crippen LogP) is 4.74. The Hall–Kier alpha value is -3.78. The molecule has 1 heterocycles. The number of rotatable bonds is 8. The summed E-state index contributed by atoms with van der Waals surface area (Å²) >= 11 is 1.48. The lowest BCUT2D eigenvalue weighted by atomic mass is 9.87. The predicted molar refractivity (Wildman–Crippen MR) is 136 cm³/mol. The van der Waals surface area contributed by atoms with Crippen molar-refractivity contribution in [2.45, 2.75) is 25.3 Å². The minimum absolute atomic E-state index is 0.151. The number of aryl methyl sites for hydroxylation is 1. The van der Waals surface area contributed by atoms with Crippen LogP contribution in [0.5, 0.6) is 17.2 Å². The van der Waals surface area contributed by atoms with Gasteiger partial charge in [0.2, 0.25) is 0 Å². The molecule has 35 heavy (non-hydrogen) atoms. The van der Waals surface area contributed by atoms with E-state index in [0.29, 0.717) is 17.1 Å². The van der Waals surface area contributed by atoms with Gasteiger partial charge >= 0.3 is 0 Å². The van der Waals surface area contributed by atoms with Gasteiger partial charge in [-0.05, 0) is 78.2 Å². The van der Waals surface area contributed by atoms with Crippen LogP contribution in [0, 0.1) is 0 Å². The average molecular weight is 493 g/mol. The van der Waals surface area contributed by atoms with Crippen LogP contribution in [0.4, 0.5) is 0 Å². The Morgan fingerprint density at radius 3 is 2.54 bits per heavy atom. The van der Waals surface area contributed by atoms with Crippen molar-refractivity contribution in [1.29, 1.82) is 0 Å². The number of benzene rings is 2. The second-order valence-corrected chi connectivity index (χ2v) is 9.06. The van der Waals surface area contributed by atoms with E-state index >= 15 is 0 Å². The van der Waals surface area contributed by atoms with Crippen molar-refractivity contribution < 1.29 is 23.8 Å². The molecule has 1 aromatic heterocycles. The molecule has 8 heteroatoms. The third-order valence-electron chi connectivity index (χ3n) is 5.94. The summed E-state index contributed by atoms with van der Waals surface area (Å²) in [5.74, 6) is 0.987. The van der Waals surface area contributed by atoms with E-state index in [-0.39, 0.29) is 17.6 Å². The van der Waals surface area contributed by atoms with E-state index in [4.69, 9.17) is 14.2 Å². The largest absolute Gasteiger partial charge is 0.497 e. The van der Waals surface area contributed by atoms with E-state index in [0.717, 1.165) is 35.5 Å². The monoisotopic (exact) mass is 492 g/mol. The maximum absolute atomic E-state index is 13.4. The van der Waals surface area contributed by atoms with Crippen LogP contribution in [0.1, 0.15) is 45.2 Å². The van der Waals surface area contributed by atoms with Crippen LogP contribution in [-0.4, -0.2) is 33.1 Å². The van der Waals surface area contributed by atoms with Crippen molar-refractivity contribution in [3.63, 3.8) is 0 Å². The van der Waals surface area contributed by atoms with Crippen LogP contribution in [0.2, 0.25) is 0 Å². The van der Waals surface area contributed by atoms with E-state index in [1.54, 1.807) is 31.4 Å². The smallest absolute Gasteiger partial charge is 0.268 e. The van der Waals surface area contributed by atoms with Gasteiger partial charge < -0.3 is 24.8 Å². The summed E-state index contributed by atoms with van der Waals surface area (Å²) in [6.07, 6.45) is 4.40. The van der Waals surface area contributed by atoms with Crippen LogP contribution in [0.25, 0.3) is 6.08 Å². The minimum Gasteiger partial charge on any atom is -0.497 e. The zero-order chi connectivity index (χ0) is 24.8. The fourth-order valence-corrected chi connectivity index (χ4v) is 4.81. The lowest BCUT2D eigenvalue weighted by Crippen LogP contribution is -2.37. The first-order valence-corrected chi connectivity index (χ1v) is 12.2. The number of fused-ring (bicyclic) bond motifs is 1. The van der Waals surface area contributed by atoms with Gasteiger partial charge in [-0.15, -0.1) is 11.3 Å². The summed E-state index contributed by atoms with van der Waals surface area (Å²) in [5.41, 5.74) is 2.77. The van der Waals surface area contributed by atoms with E-state index < -0.39 is 5.91 Å². The molecular formula is C27H28N2O5S. The number of hydrogen-bond acceptors (Lipinski definition) is 6. The Kier molecular flexibility index (Phi) is 7.72. The van der Waals surface area contributed by atoms with Crippen molar-refractivity contribution in [2.24, 2.45) is 0 Å². The molecule has 2 N–H and O–H groups in total. The maximum atomic E-state index is 13.4. The Morgan fingerprint density at radius 1 is 1.00 bits per heavy atom. The molecule has 0 spiro atoms. The first-order chi connectivity index (χ1) is 17.0. The molecule has 0 aliphatic heterocycles. The van der Waals surface area contributed by atoms with Gasteiger partial charge in [0, 0.05) is 10.4 Å². The molecule has 1 aliphatic rings. The molecule has 1 unspecified atom stereocenters. The topological polar surface area (TPSA) is 85.9 Å². The molecule has 7 nitrogen and oxygen atoms in total. The molecule has 1 atom stereocenters. The maximum Gasteiger partial charge on any atom is 0.268 e. The highest BCUT2D eigenvalue weighted by Gasteiger charge is 2.25. The van der Waals surface area contributed by atoms with E-state index in [9.17, 15) is 9.59 Å². The Balaban J connectivity index is 1.57. The Labute approximate surface area is 208 Å². The quantitative estimate of drug-likeness (QED) is 0.444. The van der Waals surface area contributed by atoms with Gasteiger partial charge in [-0.2, -0.15) is 0 Å². The molecule has 2 aromatic carbocycles. The standard InChI is InChI=1S/C27H28N2O5S/c1-32-19-10-11-21-17(14-19)6-4-8-22(21)28-27(31)23(16-20-7-5-13-35-20)29-26(30)18-9-12-24(33-2)25(15-18)34-3/h5,7,9-16,22H,4,6,8H2,1-3H3,(H,28,31)(H,29,30)/b23-16-. The zero-order valence-electron chi connectivity index (χ0n) is 19.9. The highest BCUT2D eigenvalue weighted by atomic mass is 32.1. The van der Waals surface area contributed by atoms with Gasteiger partial charge in [0.05, 0.1) is 27.4 Å².